The molecule has 1 aromatic carbocycles. The van der Waals surface area contributed by atoms with Gasteiger partial charge >= 0.3 is 0 Å². The molecule has 0 saturated carbocycles. The van der Waals surface area contributed by atoms with E-state index in [9.17, 15) is 0 Å². The van der Waals surface area contributed by atoms with E-state index < -0.39 is 0 Å². The van der Waals surface area contributed by atoms with Crippen LogP contribution in [0.5, 0.6) is 5.75 Å². The molecule has 1 heterocycles. The molecule has 1 saturated heterocycles. The Labute approximate surface area is 128 Å². The van der Waals surface area contributed by atoms with Crippen molar-refractivity contribution in [2.24, 2.45) is 0 Å². The lowest BCUT2D eigenvalue weighted by atomic mass is 10.1. The lowest BCUT2D eigenvalue weighted by Gasteiger charge is -2.31. The van der Waals surface area contributed by atoms with Crippen molar-refractivity contribution in [2.45, 2.75) is 31.8 Å². The second-order valence-corrected chi connectivity index (χ2v) is 5.73. The van der Waals surface area contributed by atoms with E-state index in [0.717, 1.165) is 32.0 Å². The van der Waals surface area contributed by atoms with Crippen LogP contribution in [0.25, 0.3) is 0 Å². The Morgan fingerprint density at radius 3 is 2.90 bits per heavy atom. The summed E-state index contributed by atoms with van der Waals surface area (Å²) in [6.45, 7) is 6.20. The zero-order chi connectivity index (χ0) is 15.1. The predicted molar refractivity (Wildman–Crippen MR) is 85.9 cm³/mol. The van der Waals surface area contributed by atoms with Gasteiger partial charge in [0, 0.05) is 32.3 Å². The number of methoxy groups -OCH3 is 2. The van der Waals surface area contributed by atoms with Crippen molar-refractivity contribution >= 4 is 0 Å². The van der Waals surface area contributed by atoms with Crippen LogP contribution in [-0.4, -0.2) is 51.4 Å². The summed E-state index contributed by atoms with van der Waals surface area (Å²) in [6.07, 6.45) is 2.56. The summed E-state index contributed by atoms with van der Waals surface area (Å²) in [5, 5.41) is 3.59. The molecule has 2 unspecified atom stereocenters. The van der Waals surface area contributed by atoms with Crippen LogP contribution in [0, 0.1) is 0 Å². The predicted octanol–water partition coefficient (Wildman–Crippen LogP) is 2.46. The van der Waals surface area contributed by atoms with Crippen molar-refractivity contribution < 1.29 is 9.47 Å². The molecule has 2 rings (SSSR count). The fraction of sp³-hybridized carbons (Fsp3) is 0.647. The van der Waals surface area contributed by atoms with Gasteiger partial charge in [0.15, 0.2) is 0 Å². The van der Waals surface area contributed by atoms with Gasteiger partial charge < -0.3 is 14.8 Å². The number of rotatable bonds is 8. The molecular weight excluding hydrogens is 264 g/mol. The fourth-order valence-corrected chi connectivity index (χ4v) is 2.96. The summed E-state index contributed by atoms with van der Waals surface area (Å²) < 4.78 is 10.6. The number of nitrogens with one attached hydrogen (secondary N) is 1. The van der Waals surface area contributed by atoms with Crippen LogP contribution in [-0.2, 0) is 4.74 Å². The van der Waals surface area contributed by atoms with Crippen molar-refractivity contribution in [1.82, 2.24) is 10.2 Å². The lowest BCUT2D eigenvalue weighted by molar-refractivity contribution is 0.118. The van der Waals surface area contributed by atoms with E-state index in [2.05, 4.69) is 35.3 Å². The standard InChI is InChI=1S/C17H28N2O2/c1-14(15-6-4-8-17(12-15)21-3)19(10-11-20-2)13-16-7-5-9-18-16/h4,6,8,12,14,16,18H,5,7,9-11,13H2,1-3H3. The summed E-state index contributed by atoms with van der Waals surface area (Å²) in [5.41, 5.74) is 1.29. The van der Waals surface area contributed by atoms with Gasteiger partial charge in [0.05, 0.1) is 13.7 Å². The van der Waals surface area contributed by atoms with E-state index in [1.165, 1.54) is 18.4 Å². The molecular formula is C17H28N2O2. The van der Waals surface area contributed by atoms with E-state index in [1.54, 1.807) is 14.2 Å². The molecule has 0 spiro atoms. The van der Waals surface area contributed by atoms with Crippen molar-refractivity contribution in [3.05, 3.63) is 29.8 Å². The molecule has 118 valence electrons. The van der Waals surface area contributed by atoms with Gasteiger partial charge in [-0.3, -0.25) is 4.90 Å². The second-order valence-electron chi connectivity index (χ2n) is 5.73. The highest BCUT2D eigenvalue weighted by molar-refractivity contribution is 5.30. The smallest absolute Gasteiger partial charge is 0.119 e. The summed E-state index contributed by atoms with van der Waals surface area (Å²) >= 11 is 0. The van der Waals surface area contributed by atoms with Crippen LogP contribution in [0.2, 0.25) is 0 Å². The molecule has 2 atom stereocenters. The summed E-state index contributed by atoms with van der Waals surface area (Å²) in [7, 11) is 3.48. The van der Waals surface area contributed by atoms with Crippen LogP contribution in [0.15, 0.2) is 24.3 Å². The molecule has 1 fully saturated rings. The molecule has 21 heavy (non-hydrogen) atoms. The Morgan fingerprint density at radius 2 is 2.24 bits per heavy atom. The quantitative estimate of drug-likeness (QED) is 0.798. The molecule has 1 aliphatic heterocycles. The molecule has 0 amide bonds. The van der Waals surface area contributed by atoms with Gasteiger partial charge in [-0.1, -0.05) is 12.1 Å². The molecule has 1 N–H and O–H groups in total. The molecule has 0 aromatic heterocycles. The van der Waals surface area contributed by atoms with Gasteiger partial charge in [-0.25, -0.2) is 0 Å². The Morgan fingerprint density at radius 1 is 1.38 bits per heavy atom. The Balaban J connectivity index is 2.05. The molecule has 1 aromatic rings. The van der Waals surface area contributed by atoms with Crippen molar-refractivity contribution in [1.29, 1.82) is 0 Å². The molecule has 4 heteroatoms. The number of ether oxygens (including phenoxy) is 2. The first kappa shape index (κ1) is 16.3. The minimum atomic E-state index is 0.359. The van der Waals surface area contributed by atoms with E-state index in [-0.39, 0.29) is 0 Å². The Bertz CT molecular complexity index is 419. The lowest BCUT2D eigenvalue weighted by Crippen LogP contribution is -2.40. The summed E-state index contributed by atoms with van der Waals surface area (Å²) in [5.74, 6) is 0.921. The largest absolute Gasteiger partial charge is 0.497 e. The topological polar surface area (TPSA) is 33.7 Å². The molecule has 0 aliphatic carbocycles. The van der Waals surface area contributed by atoms with E-state index in [1.807, 2.05) is 6.07 Å². The Kier molecular flexibility index (Phi) is 6.49. The van der Waals surface area contributed by atoms with Crippen molar-refractivity contribution in [3.63, 3.8) is 0 Å². The highest BCUT2D eigenvalue weighted by Gasteiger charge is 2.22. The average molecular weight is 292 g/mol. The van der Waals surface area contributed by atoms with Gasteiger partial charge in [-0.05, 0) is 44.0 Å². The van der Waals surface area contributed by atoms with E-state index in [0.29, 0.717) is 12.1 Å². The summed E-state index contributed by atoms with van der Waals surface area (Å²) in [4.78, 5) is 2.50. The first-order valence-electron chi connectivity index (χ1n) is 7.85. The normalized spacial score (nSPS) is 19.9. The maximum Gasteiger partial charge on any atom is 0.119 e. The van der Waals surface area contributed by atoms with Gasteiger partial charge in [0.25, 0.3) is 0 Å². The maximum atomic E-state index is 5.34. The average Bonchev–Trinajstić information content (AvgIpc) is 3.03. The number of nitrogens with zero attached hydrogens (tertiary/aromatic N) is 1. The number of hydrogen-bond donors (Lipinski definition) is 1. The first-order valence-corrected chi connectivity index (χ1v) is 7.85. The third-order valence-corrected chi connectivity index (χ3v) is 4.32. The van der Waals surface area contributed by atoms with Crippen LogP contribution < -0.4 is 10.1 Å². The van der Waals surface area contributed by atoms with Gasteiger partial charge in [-0.15, -0.1) is 0 Å². The van der Waals surface area contributed by atoms with Crippen LogP contribution in [0.4, 0.5) is 0 Å². The zero-order valence-electron chi connectivity index (χ0n) is 13.5. The number of hydrogen-bond acceptors (Lipinski definition) is 4. The van der Waals surface area contributed by atoms with Crippen molar-refractivity contribution in [2.75, 3.05) is 40.5 Å². The first-order chi connectivity index (χ1) is 10.2. The van der Waals surface area contributed by atoms with E-state index >= 15 is 0 Å². The second kappa shape index (κ2) is 8.37. The highest BCUT2D eigenvalue weighted by atomic mass is 16.5. The van der Waals surface area contributed by atoms with Crippen LogP contribution in [0.3, 0.4) is 0 Å². The van der Waals surface area contributed by atoms with Crippen molar-refractivity contribution in [3.8, 4) is 5.75 Å². The molecule has 4 nitrogen and oxygen atoms in total. The zero-order valence-corrected chi connectivity index (χ0v) is 13.5. The minimum absolute atomic E-state index is 0.359. The van der Waals surface area contributed by atoms with E-state index in [4.69, 9.17) is 9.47 Å². The van der Waals surface area contributed by atoms with Crippen LogP contribution in [0.1, 0.15) is 31.4 Å². The highest BCUT2D eigenvalue weighted by Crippen LogP contribution is 2.24. The molecule has 1 aliphatic rings. The van der Waals surface area contributed by atoms with Gasteiger partial charge in [-0.2, -0.15) is 0 Å². The maximum absolute atomic E-state index is 5.34. The van der Waals surface area contributed by atoms with Crippen LogP contribution >= 0.6 is 0 Å². The monoisotopic (exact) mass is 292 g/mol. The fourth-order valence-electron chi connectivity index (χ4n) is 2.96. The minimum Gasteiger partial charge on any atom is -0.497 e. The third-order valence-electron chi connectivity index (χ3n) is 4.32. The van der Waals surface area contributed by atoms with Gasteiger partial charge in [0.1, 0.15) is 5.75 Å². The summed E-state index contributed by atoms with van der Waals surface area (Å²) in [6, 6.07) is 9.33. The number of benzene rings is 1. The SMILES string of the molecule is COCCN(CC1CCCN1)C(C)c1cccc(OC)c1. The van der Waals surface area contributed by atoms with Gasteiger partial charge in [0.2, 0.25) is 0 Å². The molecule has 0 radical (unpaired) electrons. The molecule has 0 bridgehead atoms. The third kappa shape index (κ3) is 4.70. The Hall–Kier alpha value is -1.10.